The first-order valence-electron chi connectivity index (χ1n) is 0.960. The summed E-state index contributed by atoms with van der Waals surface area (Å²) < 4.78 is 1.40. The van der Waals surface area contributed by atoms with Crippen LogP contribution in [0, 0.1) is 0 Å². The summed E-state index contributed by atoms with van der Waals surface area (Å²) in [7, 11) is 2.79. The number of aromatic nitrogens is 1. The summed E-state index contributed by atoms with van der Waals surface area (Å²) in [5, 5.41) is 0. The van der Waals surface area contributed by atoms with Crippen molar-refractivity contribution in [3.63, 3.8) is 0 Å². The van der Waals surface area contributed by atoms with Crippen LogP contribution in [0.3, 0.4) is 0 Å². The predicted octanol–water partition coefficient (Wildman–Crippen LogP) is 0.526. The fourth-order valence-electron chi connectivity index (χ4n) is 0.0471. The molecule has 4 heteroatoms. The van der Waals surface area contributed by atoms with E-state index in [1.807, 2.05) is 0 Å². The van der Waals surface area contributed by atoms with Crippen LogP contribution in [0.1, 0.15) is 0 Å². The number of rotatable bonds is 1. The van der Waals surface area contributed by atoms with Gasteiger partial charge in [0.2, 0.25) is 0 Å². The van der Waals surface area contributed by atoms with Gasteiger partial charge < -0.3 is 0 Å². The van der Waals surface area contributed by atoms with Crippen molar-refractivity contribution in [2.75, 3.05) is 0 Å². The molecule has 1 radical (unpaired) electrons. The van der Waals surface area contributed by atoms with Gasteiger partial charge in [-0.25, -0.2) is 0 Å². The fraction of sp³-hybridized carbons (Fsp3) is 0. The second kappa shape index (κ2) is 0.948. The third-order valence-electron chi connectivity index (χ3n) is 0.224. The van der Waals surface area contributed by atoms with Crippen molar-refractivity contribution >= 4 is 27.5 Å². The molecule has 2 nitrogen and oxygen atoms in total. The van der Waals surface area contributed by atoms with Gasteiger partial charge in [0.1, 0.15) is 0 Å². The lowest BCUT2D eigenvalue weighted by atomic mass is 11.5. The van der Waals surface area contributed by atoms with Crippen molar-refractivity contribution in [2.45, 2.75) is 0 Å². The molecular formula is CNOS2. The molecule has 1 aromatic rings. The van der Waals surface area contributed by atoms with Gasteiger partial charge in [-0.15, -0.1) is 0 Å². The molecule has 0 atom stereocenters. The van der Waals surface area contributed by atoms with E-state index in [4.69, 9.17) is 0 Å². The lowest BCUT2D eigenvalue weighted by Gasteiger charge is -1.46. The Kier molecular flexibility index (Phi) is 0.590. The Morgan fingerprint density at radius 3 is 2.20 bits per heavy atom. The molecule has 0 saturated carbocycles. The maximum absolute atomic E-state index is 9.33. The summed E-state index contributed by atoms with van der Waals surface area (Å²) in [6.45, 7) is 0. The Bertz CT molecular complexity index is 96.6. The smallest absolute Gasteiger partial charge is 0.261 e. The van der Waals surface area contributed by atoms with E-state index in [1.54, 1.807) is 6.41 Å². The van der Waals surface area contributed by atoms with Gasteiger partial charge in [-0.3, -0.25) is 4.79 Å². The standard InChI is InChI=1S/CNOS2/c3-1-2-4-5-2. The van der Waals surface area contributed by atoms with Crippen LogP contribution in [0.15, 0.2) is 0 Å². The first-order chi connectivity index (χ1) is 2.43. The summed E-state index contributed by atoms with van der Waals surface area (Å²) in [6.07, 6.45) is 1.65. The van der Waals surface area contributed by atoms with E-state index >= 15 is 0 Å². The van der Waals surface area contributed by atoms with Gasteiger partial charge in [0.05, 0.1) is 0 Å². The number of carbonyl (C=O) groups excluding carboxylic acids is 1. The summed E-state index contributed by atoms with van der Waals surface area (Å²) in [5.41, 5.74) is 0. The molecule has 27 valence electrons. The van der Waals surface area contributed by atoms with Crippen LogP contribution >= 0.6 is 21.1 Å². The van der Waals surface area contributed by atoms with E-state index in [-0.39, 0.29) is 0 Å². The Labute approximate surface area is 36.3 Å². The highest BCUT2D eigenvalue weighted by Gasteiger charge is 1.89. The fourth-order valence-corrected chi connectivity index (χ4v) is 0.424. The molecule has 0 aliphatic heterocycles. The molecule has 0 spiro atoms. The average molecular weight is 106 g/mol. The minimum absolute atomic E-state index is 1.39. The Balaban J connectivity index is 2.64. The lowest BCUT2D eigenvalue weighted by molar-refractivity contribution is 0.554. The topological polar surface area (TPSA) is 22.0 Å². The highest BCUT2D eigenvalue weighted by Crippen LogP contribution is 2.12. The van der Waals surface area contributed by atoms with Gasteiger partial charge in [-0.2, -0.15) is 3.35 Å². The van der Waals surface area contributed by atoms with Gasteiger partial charge >= 0.3 is 6.41 Å². The largest absolute Gasteiger partial charge is 0.342 e. The molecule has 0 aromatic carbocycles. The molecule has 0 amide bonds. The van der Waals surface area contributed by atoms with Crippen molar-refractivity contribution < 1.29 is 4.79 Å². The van der Waals surface area contributed by atoms with Crippen LogP contribution in [0.2, 0.25) is 0 Å². The quantitative estimate of drug-likeness (QED) is 0.478. The second-order valence-corrected chi connectivity index (χ2v) is 2.65. The summed E-state index contributed by atoms with van der Waals surface area (Å²) in [6, 6.07) is 0. The molecule has 1 heterocycles. The van der Waals surface area contributed by atoms with Crippen LogP contribution in [-0.4, -0.2) is 9.76 Å². The third kappa shape index (κ3) is 0.592. The van der Waals surface area contributed by atoms with Crippen molar-refractivity contribution in [1.82, 2.24) is 3.35 Å². The summed E-state index contributed by atoms with van der Waals surface area (Å²) in [4.78, 5) is 9.33. The molecule has 5 heavy (non-hydrogen) atoms. The number of nitrogens with zero attached hydrogens (tertiary/aromatic N) is 1. The number of hydrogen-bond acceptors (Lipinski definition) is 3. The highest BCUT2D eigenvalue weighted by atomic mass is 33.0. The maximum Gasteiger partial charge on any atom is 0.342 e. The summed E-state index contributed by atoms with van der Waals surface area (Å²) in [5.74, 6) is 0. The second-order valence-electron chi connectivity index (χ2n) is 0.497. The monoisotopic (exact) mass is 106 g/mol. The van der Waals surface area contributed by atoms with E-state index in [9.17, 15) is 4.79 Å². The van der Waals surface area contributed by atoms with Crippen molar-refractivity contribution in [3.05, 3.63) is 0 Å². The molecule has 0 aliphatic carbocycles. The SMILES string of the molecule is O=[C]n1ss1. The lowest BCUT2D eigenvalue weighted by Crippen LogP contribution is -1.68. The highest BCUT2D eigenvalue weighted by molar-refractivity contribution is 7.76. The van der Waals surface area contributed by atoms with Crippen LogP contribution in [0.4, 0.5) is 0 Å². The van der Waals surface area contributed by atoms with E-state index in [0.29, 0.717) is 0 Å². The van der Waals surface area contributed by atoms with Crippen LogP contribution in [-0.2, 0) is 4.79 Å². The van der Waals surface area contributed by atoms with Gasteiger partial charge in [0.25, 0.3) is 0 Å². The molecule has 0 saturated heterocycles. The van der Waals surface area contributed by atoms with Crippen molar-refractivity contribution in [2.24, 2.45) is 0 Å². The molecular weight excluding hydrogens is 106 g/mol. The van der Waals surface area contributed by atoms with Gasteiger partial charge in [-0.1, -0.05) is 0 Å². The van der Waals surface area contributed by atoms with E-state index < -0.39 is 0 Å². The number of hydrogen-bond donors (Lipinski definition) is 0. The van der Waals surface area contributed by atoms with E-state index in [1.165, 1.54) is 24.4 Å². The normalized spacial score (nSPS) is 8.80. The molecule has 0 fully saturated rings. The molecule has 1 rings (SSSR count). The van der Waals surface area contributed by atoms with Crippen LogP contribution < -0.4 is 0 Å². The minimum Gasteiger partial charge on any atom is -0.261 e. The predicted molar refractivity (Wildman–Crippen MR) is 21.3 cm³/mol. The Morgan fingerprint density at radius 1 is 1.60 bits per heavy atom. The first kappa shape index (κ1) is 3.11. The zero-order valence-electron chi connectivity index (χ0n) is 2.17. The summed E-state index contributed by atoms with van der Waals surface area (Å²) >= 11 is 0. The van der Waals surface area contributed by atoms with Crippen molar-refractivity contribution in [1.29, 1.82) is 0 Å². The zero-order valence-corrected chi connectivity index (χ0v) is 3.80. The van der Waals surface area contributed by atoms with Gasteiger partial charge in [-0.05, 0) is 0 Å². The van der Waals surface area contributed by atoms with Crippen molar-refractivity contribution in [3.8, 4) is 0 Å². The van der Waals surface area contributed by atoms with E-state index in [0.717, 1.165) is 0 Å². The third-order valence-corrected chi connectivity index (χ3v) is 1.57. The van der Waals surface area contributed by atoms with Crippen LogP contribution in [0.5, 0.6) is 0 Å². The molecule has 0 aliphatic rings. The van der Waals surface area contributed by atoms with E-state index in [2.05, 4.69) is 0 Å². The Hall–Kier alpha value is -0.0900. The van der Waals surface area contributed by atoms with Gasteiger partial charge in [0.15, 0.2) is 0 Å². The molecule has 0 unspecified atom stereocenters. The molecule has 0 N–H and O–H groups in total. The average Bonchev–Trinajstić information content (AvgIpc) is 2.12. The first-order valence-corrected chi connectivity index (χ1v) is 3.02. The molecule has 1 aromatic heterocycles. The Morgan fingerprint density at radius 2 is 2.20 bits per heavy atom. The zero-order chi connectivity index (χ0) is 3.70. The van der Waals surface area contributed by atoms with Gasteiger partial charge in [0, 0.05) is 21.1 Å². The molecule has 0 bridgehead atoms. The van der Waals surface area contributed by atoms with Crippen LogP contribution in [0.25, 0.3) is 0 Å². The maximum atomic E-state index is 9.33. The minimum atomic E-state index is 1.39.